The summed E-state index contributed by atoms with van der Waals surface area (Å²) in [5, 5.41) is 8.89. The molecule has 0 radical (unpaired) electrons. The summed E-state index contributed by atoms with van der Waals surface area (Å²) < 4.78 is 11.0. The number of aliphatic hydroxyl groups excluding tert-OH is 1. The molecule has 2 fully saturated rings. The van der Waals surface area contributed by atoms with Crippen molar-refractivity contribution < 1.29 is 14.6 Å². The molecule has 1 N–H and O–H groups in total. The molecule has 11 heavy (non-hydrogen) atoms. The van der Waals surface area contributed by atoms with Gasteiger partial charge in [0.1, 0.15) is 6.10 Å². The summed E-state index contributed by atoms with van der Waals surface area (Å²) in [6, 6.07) is 0. The van der Waals surface area contributed by atoms with Gasteiger partial charge in [-0.1, -0.05) is 6.92 Å². The van der Waals surface area contributed by atoms with Gasteiger partial charge < -0.3 is 14.6 Å². The molecule has 2 bridgehead atoms. The second-order valence-electron chi connectivity index (χ2n) is 3.45. The van der Waals surface area contributed by atoms with E-state index in [-0.39, 0.29) is 25.1 Å². The van der Waals surface area contributed by atoms with Crippen LogP contribution >= 0.6 is 0 Å². The van der Waals surface area contributed by atoms with Crippen molar-refractivity contribution in [1.82, 2.24) is 0 Å². The molecule has 0 amide bonds. The fourth-order valence-corrected chi connectivity index (χ4v) is 1.80. The Hall–Kier alpha value is -0.120. The molecule has 4 atom stereocenters. The van der Waals surface area contributed by atoms with Gasteiger partial charge in [-0.3, -0.25) is 0 Å². The van der Waals surface area contributed by atoms with Crippen LogP contribution in [0.1, 0.15) is 19.8 Å². The first-order valence-corrected chi connectivity index (χ1v) is 4.23. The van der Waals surface area contributed by atoms with E-state index in [4.69, 9.17) is 14.6 Å². The molecular weight excluding hydrogens is 144 g/mol. The summed E-state index contributed by atoms with van der Waals surface area (Å²) in [5.74, 6) is 0.489. The number of hydrogen-bond acceptors (Lipinski definition) is 3. The minimum absolute atomic E-state index is 0.0501. The molecular formula is C8H14O3. The van der Waals surface area contributed by atoms with Crippen LogP contribution in [0.15, 0.2) is 0 Å². The Morgan fingerprint density at radius 2 is 2.18 bits per heavy atom. The maximum absolute atomic E-state index is 8.89. The van der Waals surface area contributed by atoms with Crippen LogP contribution in [-0.2, 0) is 9.47 Å². The molecule has 3 heteroatoms. The standard InChI is InChI=1S/C8H14O3/c1-5-2-3-6-7(4-9)11-8(5)10-6/h5-9H,2-4H2,1H3. The number of rotatable bonds is 1. The van der Waals surface area contributed by atoms with Crippen molar-refractivity contribution >= 4 is 0 Å². The molecule has 0 aromatic rings. The molecule has 0 aromatic heterocycles. The number of hydrogen-bond donors (Lipinski definition) is 1. The first-order chi connectivity index (χ1) is 5.31. The lowest BCUT2D eigenvalue weighted by molar-refractivity contribution is -0.121. The summed E-state index contributed by atoms with van der Waals surface area (Å²) in [5.41, 5.74) is 0. The van der Waals surface area contributed by atoms with Gasteiger partial charge in [0.05, 0.1) is 12.7 Å². The Labute approximate surface area is 66.3 Å². The molecule has 2 aliphatic rings. The number of aliphatic hydroxyl groups is 1. The Bertz CT molecular complexity index is 148. The second-order valence-corrected chi connectivity index (χ2v) is 3.45. The van der Waals surface area contributed by atoms with Crippen LogP contribution in [0.4, 0.5) is 0 Å². The van der Waals surface area contributed by atoms with E-state index in [9.17, 15) is 0 Å². The van der Waals surface area contributed by atoms with Crippen molar-refractivity contribution in [3.8, 4) is 0 Å². The molecule has 2 rings (SSSR count). The van der Waals surface area contributed by atoms with Crippen LogP contribution in [0.5, 0.6) is 0 Å². The van der Waals surface area contributed by atoms with Gasteiger partial charge in [0, 0.05) is 5.92 Å². The van der Waals surface area contributed by atoms with Crippen LogP contribution in [0.2, 0.25) is 0 Å². The van der Waals surface area contributed by atoms with E-state index >= 15 is 0 Å². The Kier molecular flexibility index (Phi) is 1.87. The summed E-state index contributed by atoms with van der Waals surface area (Å²) in [6.45, 7) is 2.22. The van der Waals surface area contributed by atoms with Gasteiger partial charge in [0.2, 0.25) is 0 Å². The summed E-state index contributed by atoms with van der Waals surface area (Å²) >= 11 is 0. The lowest BCUT2D eigenvalue weighted by atomic mass is 9.99. The van der Waals surface area contributed by atoms with Crippen LogP contribution < -0.4 is 0 Å². The average molecular weight is 158 g/mol. The third kappa shape index (κ3) is 1.17. The predicted octanol–water partition coefficient (Wildman–Crippen LogP) is 0.519. The van der Waals surface area contributed by atoms with Gasteiger partial charge in [-0.15, -0.1) is 0 Å². The number of fused-ring (bicyclic) bond motifs is 2. The molecule has 0 aliphatic carbocycles. The molecule has 0 aromatic carbocycles. The highest BCUT2D eigenvalue weighted by molar-refractivity contribution is 4.84. The van der Waals surface area contributed by atoms with E-state index in [2.05, 4.69) is 6.92 Å². The van der Waals surface area contributed by atoms with Crippen molar-refractivity contribution in [2.75, 3.05) is 6.61 Å². The quantitative estimate of drug-likeness (QED) is 0.604. The first kappa shape index (κ1) is 7.53. The van der Waals surface area contributed by atoms with E-state index in [0.29, 0.717) is 5.92 Å². The van der Waals surface area contributed by atoms with E-state index in [1.165, 1.54) is 0 Å². The van der Waals surface area contributed by atoms with E-state index in [0.717, 1.165) is 12.8 Å². The largest absolute Gasteiger partial charge is 0.394 e. The molecule has 2 saturated heterocycles. The molecule has 0 spiro atoms. The molecule has 4 unspecified atom stereocenters. The van der Waals surface area contributed by atoms with Crippen LogP contribution in [0.25, 0.3) is 0 Å². The third-order valence-electron chi connectivity index (χ3n) is 2.58. The van der Waals surface area contributed by atoms with Gasteiger partial charge in [0.15, 0.2) is 6.29 Å². The van der Waals surface area contributed by atoms with Gasteiger partial charge in [0.25, 0.3) is 0 Å². The second kappa shape index (κ2) is 2.73. The van der Waals surface area contributed by atoms with Gasteiger partial charge >= 0.3 is 0 Å². The van der Waals surface area contributed by atoms with Gasteiger partial charge in [-0.25, -0.2) is 0 Å². The zero-order chi connectivity index (χ0) is 7.84. The molecule has 64 valence electrons. The topological polar surface area (TPSA) is 38.7 Å². The zero-order valence-corrected chi connectivity index (χ0v) is 6.69. The van der Waals surface area contributed by atoms with E-state index < -0.39 is 0 Å². The maximum atomic E-state index is 8.89. The third-order valence-corrected chi connectivity index (χ3v) is 2.58. The Balaban J connectivity index is 2.03. The molecule has 0 saturated carbocycles. The summed E-state index contributed by atoms with van der Waals surface area (Å²) in [7, 11) is 0. The monoisotopic (exact) mass is 158 g/mol. The lowest BCUT2D eigenvalue weighted by Crippen LogP contribution is -2.28. The highest BCUT2D eigenvalue weighted by atomic mass is 16.7. The molecule has 2 heterocycles. The summed E-state index contributed by atoms with van der Waals surface area (Å²) in [6.07, 6.45) is 2.23. The average Bonchev–Trinajstić information content (AvgIpc) is 2.37. The Morgan fingerprint density at radius 3 is 2.82 bits per heavy atom. The minimum Gasteiger partial charge on any atom is -0.394 e. The highest BCUT2D eigenvalue weighted by Crippen LogP contribution is 2.34. The first-order valence-electron chi connectivity index (χ1n) is 4.23. The molecule has 3 nitrogen and oxygen atoms in total. The van der Waals surface area contributed by atoms with Crippen molar-refractivity contribution in [3.05, 3.63) is 0 Å². The molecule has 2 aliphatic heterocycles. The van der Waals surface area contributed by atoms with Crippen LogP contribution in [-0.4, -0.2) is 30.2 Å². The number of ether oxygens (including phenoxy) is 2. The fraction of sp³-hybridized carbons (Fsp3) is 1.00. The zero-order valence-electron chi connectivity index (χ0n) is 6.69. The van der Waals surface area contributed by atoms with Gasteiger partial charge in [-0.2, -0.15) is 0 Å². The smallest absolute Gasteiger partial charge is 0.161 e. The van der Waals surface area contributed by atoms with Crippen molar-refractivity contribution in [2.45, 2.75) is 38.3 Å². The van der Waals surface area contributed by atoms with Crippen molar-refractivity contribution in [2.24, 2.45) is 5.92 Å². The van der Waals surface area contributed by atoms with E-state index in [1.54, 1.807) is 0 Å². The van der Waals surface area contributed by atoms with Gasteiger partial charge in [-0.05, 0) is 12.8 Å². The fourth-order valence-electron chi connectivity index (χ4n) is 1.80. The summed E-state index contributed by atoms with van der Waals surface area (Å²) in [4.78, 5) is 0. The SMILES string of the molecule is CC1CCC2OC1OC2CO. The maximum Gasteiger partial charge on any atom is 0.161 e. The van der Waals surface area contributed by atoms with Crippen molar-refractivity contribution in [1.29, 1.82) is 0 Å². The van der Waals surface area contributed by atoms with Crippen molar-refractivity contribution in [3.63, 3.8) is 0 Å². The Morgan fingerprint density at radius 1 is 1.36 bits per heavy atom. The minimum atomic E-state index is -0.0649. The van der Waals surface area contributed by atoms with Crippen LogP contribution in [0.3, 0.4) is 0 Å². The highest BCUT2D eigenvalue weighted by Gasteiger charge is 2.41. The predicted molar refractivity (Wildman–Crippen MR) is 39.0 cm³/mol. The normalized spacial score (nSPS) is 49.6. The van der Waals surface area contributed by atoms with E-state index in [1.807, 2.05) is 0 Å². The lowest BCUT2D eigenvalue weighted by Gasteiger charge is -2.23. The van der Waals surface area contributed by atoms with Crippen LogP contribution in [0, 0.1) is 5.92 Å².